The van der Waals surface area contributed by atoms with Crippen molar-refractivity contribution >= 4 is 5.82 Å². The van der Waals surface area contributed by atoms with Gasteiger partial charge in [-0.3, -0.25) is 0 Å². The predicted octanol–water partition coefficient (Wildman–Crippen LogP) is 2.88. The van der Waals surface area contributed by atoms with Gasteiger partial charge < -0.3 is 9.47 Å². The molecule has 3 aliphatic rings. The molecule has 1 fully saturated rings. The van der Waals surface area contributed by atoms with Crippen LogP contribution in [0, 0.1) is 0 Å². The maximum Gasteiger partial charge on any atom is 0.135 e. The Bertz CT molecular complexity index is 750. The Morgan fingerprint density at radius 1 is 0.875 bits per heavy atom. The van der Waals surface area contributed by atoms with E-state index in [0.29, 0.717) is 6.04 Å². The molecule has 0 aromatic carbocycles. The highest BCUT2D eigenvalue weighted by Crippen LogP contribution is 2.33. The van der Waals surface area contributed by atoms with Crippen LogP contribution < -0.4 is 4.90 Å². The van der Waals surface area contributed by atoms with Gasteiger partial charge in [0.05, 0.1) is 18.1 Å². The fourth-order valence-electron chi connectivity index (χ4n) is 4.74. The fourth-order valence-corrected chi connectivity index (χ4v) is 4.74. The van der Waals surface area contributed by atoms with Crippen molar-refractivity contribution < 1.29 is 0 Å². The van der Waals surface area contributed by atoms with E-state index in [0.717, 1.165) is 32.4 Å². The first-order valence-corrected chi connectivity index (χ1v) is 9.52. The largest absolute Gasteiger partial charge is 0.354 e. The van der Waals surface area contributed by atoms with Gasteiger partial charge in [-0.2, -0.15) is 0 Å². The predicted molar refractivity (Wildman–Crippen MR) is 93.4 cm³/mol. The summed E-state index contributed by atoms with van der Waals surface area (Å²) in [5, 5.41) is 0. The second-order valence-corrected chi connectivity index (χ2v) is 7.47. The molecule has 1 aliphatic heterocycles. The van der Waals surface area contributed by atoms with Crippen molar-refractivity contribution in [2.24, 2.45) is 0 Å². The monoisotopic (exact) mass is 323 g/mol. The molecule has 24 heavy (non-hydrogen) atoms. The normalized spacial score (nSPS) is 23.2. The van der Waals surface area contributed by atoms with Crippen LogP contribution in [0.3, 0.4) is 0 Å². The molecule has 0 radical (unpaired) electrons. The summed E-state index contributed by atoms with van der Waals surface area (Å²) in [4.78, 5) is 16.4. The lowest BCUT2D eigenvalue weighted by Crippen LogP contribution is -2.25. The average Bonchev–Trinajstić information content (AvgIpc) is 3.28. The molecule has 1 saturated heterocycles. The van der Waals surface area contributed by atoms with Crippen LogP contribution in [-0.4, -0.2) is 32.6 Å². The Morgan fingerprint density at radius 3 is 2.67 bits per heavy atom. The summed E-state index contributed by atoms with van der Waals surface area (Å²) in [6.07, 6.45) is 14.9. The summed E-state index contributed by atoms with van der Waals surface area (Å²) in [7, 11) is 0. The van der Waals surface area contributed by atoms with Crippen molar-refractivity contribution in [1.82, 2.24) is 19.5 Å². The lowest BCUT2D eigenvalue weighted by Gasteiger charge is -2.25. The smallest absolute Gasteiger partial charge is 0.135 e. The first-order valence-electron chi connectivity index (χ1n) is 9.52. The zero-order chi connectivity index (χ0) is 15.9. The van der Waals surface area contributed by atoms with Gasteiger partial charge in [0.25, 0.3) is 0 Å². The Kier molecular flexibility index (Phi) is 3.53. The van der Waals surface area contributed by atoms with Crippen LogP contribution in [0.2, 0.25) is 0 Å². The van der Waals surface area contributed by atoms with Crippen molar-refractivity contribution in [3.05, 3.63) is 35.3 Å². The standard InChI is InChI=1S/C19H25N5/c1-2-6-16-15(5-1)19(21-12-20-16)23-10-9-14(11-23)24-13-22-17-7-3-4-8-18(17)24/h12-14H,1-11H2/t14-/m1/s1. The number of anilines is 1. The van der Waals surface area contributed by atoms with Gasteiger partial charge in [0, 0.05) is 30.0 Å². The molecule has 0 saturated carbocycles. The number of aromatic nitrogens is 4. The highest BCUT2D eigenvalue weighted by molar-refractivity contribution is 5.50. The number of hydrogen-bond acceptors (Lipinski definition) is 4. The Balaban J connectivity index is 1.41. The fraction of sp³-hybridized carbons (Fsp3) is 0.632. The van der Waals surface area contributed by atoms with E-state index in [1.165, 1.54) is 67.0 Å². The van der Waals surface area contributed by atoms with Gasteiger partial charge in [0.15, 0.2) is 0 Å². The molecule has 0 spiro atoms. The molecule has 0 N–H and O–H groups in total. The zero-order valence-electron chi connectivity index (χ0n) is 14.2. The SMILES string of the molecule is c1nc2c(c(N3CC[C@@H](n4cnc5c4CCCC5)C3)n1)CCCC2. The lowest BCUT2D eigenvalue weighted by molar-refractivity contribution is 0.514. The van der Waals surface area contributed by atoms with Crippen molar-refractivity contribution in [3.8, 4) is 0 Å². The van der Waals surface area contributed by atoms with Crippen LogP contribution in [0.25, 0.3) is 0 Å². The van der Waals surface area contributed by atoms with Crippen LogP contribution in [0.5, 0.6) is 0 Å². The third-order valence-corrected chi connectivity index (χ3v) is 6.02. The minimum absolute atomic E-state index is 0.550. The molecule has 2 aromatic rings. The van der Waals surface area contributed by atoms with Crippen LogP contribution in [0.15, 0.2) is 12.7 Å². The zero-order valence-corrected chi connectivity index (χ0v) is 14.2. The highest BCUT2D eigenvalue weighted by Gasteiger charge is 2.30. The van der Waals surface area contributed by atoms with Gasteiger partial charge >= 0.3 is 0 Å². The van der Waals surface area contributed by atoms with E-state index >= 15 is 0 Å². The number of rotatable bonds is 2. The molecule has 1 atom stereocenters. The Hall–Kier alpha value is -1.91. The van der Waals surface area contributed by atoms with Gasteiger partial charge in [-0.1, -0.05) is 0 Å². The topological polar surface area (TPSA) is 46.8 Å². The Labute approximate surface area is 143 Å². The van der Waals surface area contributed by atoms with Crippen LogP contribution >= 0.6 is 0 Å². The van der Waals surface area contributed by atoms with Crippen LogP contribution in [0.4, 0.5) is 5.82 Å². The highest BCUT2D eigenvalue weighted by atomic mass is 15.3. The molecule has 0 amide bonds. The molecule has 5 heteroatoms. The molecule has 3 heterocycles. The molecule has 5 rings (SSSR count). The molecule has 5 nitrogen and oxygen atoms in total. The maximum atomic E-state index is 4.69. The number of hydrogen-bond donors (Lipinski definition) is 0. The van der Waals surface area contributed by atoms with Crippen molar-refractivity contribution in [2.75, 3.05) is 18.0 Å². The number of fused-ring (bicyclic) bond motifs is 2. The van der Waals surface area contributed by atoms with E-state index in [-0.39, 0.29) is 0 Å². The van der Waals surface area contributed by atoms with Crippen molar-refractivity contribution in [1.29, 1.82) is 0 Å². The average molecular weight is 323 g/mol. The second kappa shape index (κ2) is 5.87. The third kappa shape index (κ3) is 2.33. The van der Waals surface area contributed by atoms with E-state index in [4.69, 9.17) is 0 Å². The minimum atomic E-state index is 0.550. The summed E-state index contributed by atoms with van der Waals surface area (Å²) >= 11 is 0. The molecule has 126 valence electrons. The Morgan fingerprint density at radius 2 is 1.71 bits per heavy atom. The van der Waals surface area contributed by atoms with E-state index in [9.17, 15) is 0 Å². The van der Waals surface area contributed by atoms with E-state index in [1.54, 1.807) is 6.33 Å². The van der Waals surface area contributed by atoms with E-state index in [2.05, 4.69) is 30.7 Å². The second-order valence-electron chi connectivity index (χ2n) is 7.47. The van der Waals surface area contributed by atoms with Gasteiger partial charge in [0.2, 0.25) is 0 Å². The molecule has 2 aliphatic carbocycles. The van der Waals surface area contributed by atoms with Gasteiger partial charge in [-0.25, -0.2) is 15.0 Å². The maximum absolute atomic E-state index is 4.69. The lowest BCUT2D eigenvalue weighted by atomic mass is 9.96. The van der Waals surface area contributed by atoms with Crippen molar-refractivity contribution in [2.45, 2.75) is 63.8 Å². The van der Waals surface area contributed by atoms with E-state index < -0.39 is 0 Å². The van der Waals surface area contributed by atoms with Gasteiger partial charge in [-0.15, -0.1) is 0 Å². The first kappa shape index (κ1) is 14.4. The molecular weight excluding hydrogens is 298 g/mol. The number of nitrogens with zero attached hydrogens (tertiary/aromatic N) is 5. The summed E-state index contributed by atoms with van der Waals surface area (Å²) < 4.78 is 2.47. The summed E-state index contributed by atoms with van der Waals surface area (Å²) in [6.45, 7) is 2.16. The van der Waals surface area contributed by atoms with Crippen LogP contribution in [0.1, 0.15) is 60.8 Å². The minimum Gasteiger partial charge on any atom is -0.354 e. The molecule has 0 unspecified atom stereocenters. The first-order chi connectivity index (χ1) is 11.9. The molecule has 2 aromatic heterocycles. The summed E-state index contributed by atoms with van der Waals surface area (Å²) in [5.41, 5.74) is 5.55. The summed E-state index contributed by atoms with van der Waals surface area (Å²) in [5.74, 6) is 1.20. The number of aryl methyl sites for hydroxylation is 2. The van der Waals surface area contributed by atoms with Crippen molar-refractivity contribution in [3.63, 3.8) is 0 Å². The van der Waals surface area contributed by atoms with Crippen LogP contribution in [-0.2, 0) is 25.7 Å². The summed E-state index contributed by atoms with van der Waals surface area (Å²) in [6, 6.07) is 0.550. The number of imidazole rings is 1. The molecular formula is C19H25N5. The van der Waals surface area contributed by atoms with Gasteiger partial charge in [-0.05, 0) is 57.8 Å². The quantitative estimate of drug-likeness (QED) is 0.852. The third-order valence-electron chi connectivity index (χ3n) is 6.02. The molecule has 0 bridgehead atoms. The van der Waals surface area contributed by atoms with E-state index in [1.807, 2.05) is 0 Å². The van der Waals surface area contributed by atoms with Gasteiger partial charge in [0.1, 0.15) is 12.1 Å².